The van der Waals surface area contributed by atoms with Gasteiger partial charge < -0.3 is 19.2 Å². The standard InChI is InChI=1S/C26H27F2N3O6Si/c1-38(2,3)30-20-14-15-31(25(34)29-20)24-26(27,28)21(37-23(33)18-12-8-5-9-13-18)19(36-24)16-35-22(32)17-10-6-4-7-11-17/h4-15,19,21,24H,16H2,1-3H3,(H,29,30,34)/t19-,21?,24?/m1/s1. The third-order valence-electron chi connectivity index (χ3n) is 5.57. The Bertz CT molecular complexity index is 1350. The lowest BCUT2D eigenvalue weighted by Gasteiger charge is -2.24. The van der Waals surface area contributed by atoms with Crippen molar-refractivity contribution < 1.29 is 32.6 Å². The van der Waals surface area contributed by atoms with Crippen LogP contribution >= 0.6 is 0 Å². The van der Waals surface area contributed by atoms with Gasteiger partial charge in [0.05, 0.1) is 11.1 Å². The summed E-state index contributed by atoms with van der Waals surface area (Å²) >= 11 is 0. The Morgan fingerprint density at radius 1 is 1.00 bits per heavy atom. The lowest BCUT2D eigenvalue weighted by molar-refractivity contribution is -0.142. The highest BCUT2D eigenvalue weighted by Gasteiger charge is 2.63. The van der Waals surface area contributed by atoms with Crippen LogP contribution in [0, 0.1) is 0 Å². The number of carbonyl (C=O) groups excluding carboxylic acids is 2. The molecule has 2 unspecified atom stereocenters. The van der Waals surface area contributed by atoms with Crippen molar-refractivity contribution >= 4 is 26.0 Å². The first kappa shape index (κ1) is 27.1. The second kappa shape index (κ2) is 10.8. The SMILES string of the molecule is C[Si](C)(C)Nc1ccn(C2O[C@H](COC(=O)c3ccccc3)C(OC(=O)c3ccccc3)C2(F)F)c(=O)n1. The van der Waals surface area contributed by atoms with Crippen LogP contribution in [-0.2, 0) is 14.2 Å². The number of rotatable bonds is 8. The van der Waals surface area contributed by atoms with Gasteiger partial charge in [-0.15, -0.1) is 0 Å². The van der Waals surface area contributed by atoms with Gasteiger partial charge >= 0.3 is 23.6 Å². The van der Waals surface area contributed by atoms with Gasteiger partial charge in [-0.1, -0.05) is 56.0 Å². The number of carbonyl (C=O) groups is 2. The smallest absolute Gasteiger partial charge is 0.351 e. The van der Waals surface area contributed by atoms with Crippen LogP contribution in [0.1, 0.15) is 26.9 Å². The van der Waals surface area contributed by atoms with Crippen molar-refractivity contribution in [2.45, 2.75) is 44.0 Å². The first-order valence-corrected chi connectivity index (χ1v) is 15.3. The molecule has 3 aromatic rings. The second-order valence-corrected chi connectivity index (χ2v) is 14.5. The first-order valence-electron chi connectivity index (χ1n) is 11.8. The Hall–Kier alpha value is -3.90. The largest absolute Gasteiger partial charge is 0.459 e. The lowest BCUT2D eigenvalue weighted by Crippen LogP contribution is -2.45. The fourth-order valence-electron chi connectivity index (χ4n) is 3.87. The van der Waals surface area contributed by atoms with Crippen LogP contribution in [0.4, 0.5) is 14.6 Å². The van der Waals surface area contributed by atoms with Crippen LogP contribution in [-0.4, -0.2) is 54.5 Å². The minimum absolute atomic E-state index is 0.0485. The van der Waals surface area contributed by atoms with E-state index in [0.29, 0.717) is 4.57 Å². The zero-order chi connectivity index (χ0) is 27.5. The van der Waals surface area contributed by atoms with E-state index in [1.807, 2.05) is 19.6 Å². The molecule has 2 heterocycles. The van der Waals surface area contributed by atoms with Gasteiger partial charge in [-0.05, 0) is 30.3 Å². The summed E-state index contributed by atoms with van der Waals surface area (Å²) in [6.07, 6.45) is -4.74. The van der Waals surface area contributed by atoms with Crippen LogP contribution in [0.15, 0.2) is 77.7 Å². The van der Waals surface area contributed by atoms with Gasteiger partial charge in [-0.3, -0.25) is 4.57 Å². The number of esters is 2. The van der Waals surface area contributed by atoms with E-state index in [1.165, 1.54) is 30.3 Å². The molecule has 1 N–H and O–H groups in total. The van der Waals surface area contributed by atoms with E-state index >= 15 is 8.78 Å². The summed E-state index contributed by atoms with van der Waals surface area (Å²) < 4.78 is 48.1. The highest BCUT2D eigenvalue weighted by molar-refractivity contribution is 6.79. The Labute approximate surface area is 218 Å². The van der Waals surface area contributed by atoms with Crippen molar-refractivity contribution in [3.8, 4) is 0 Å². The fourth-order valence-corrected chi connectivity index (χ4v) is 4.77. The molecular weight excluding hydrogens is 516 g/mol. The summed E-state index contributed by atoms with van der Waals surface area (Å²) in [5.41, 5.74) is -0.724. The molecule has 0 radical (unpaired) electrons. The number of nitrogens with zero attached hydrogens (tertiary/aromatic N) is 2. The number of hydrogen-bond acceptors (Lipinski definition) is 8. The Morgan fingerprint density at radius 2 is 1.58 bits per heavy atom. The third-order valence-corrected chi connectivity index (χ3v) is 6.57. The Balaban J connectivity index is 1.61. The maximum Gasteiger partial charge on any atom is 0.351 e. The van der Waals surface area contributed by atoms with E-state index in [1.54, 1.807) is 36.4 Å². The normalized spacial score (nSPS) is 20.5. The molecule has 2 aromatic carbocycles. The van der Waals surface area contributed by atoms with Gasteiger partial charge in [-0.25, -0.2) is 14.4 Å². The first-order chi connectivity index (χ1) is 18.0. The van der Waals surface area contributed by atoms with Crippen molar-refractivity contribution in [1.29, 1.82) is 0 Å². The second-order valence-electron chi connectivity index (χ2n) is 9.74. The molecule has 4 rings (SSSR count). The van der Waals surface area contributed by atoms with E-state index in [-0.39, 0.29) is 16.9 Å². The minimum Gasteiger partial charge on any atom is -0.459 e. The van der Waals surface area contributed by atoms with Crippen LogP contribution in [0.5, 0.6) is 0 Å². The highest BCUT2D eigenvalue weighted by atomic mass is 28.3. The number of nitrogens with one attached hydrogen (secondary N) is 1. The molecule has 0 spiro atoms. The summed E-state index contributed by atoms with van der Waals surface area (Å²) in [7, 11) is -1.87. The maximum absolute atomic E-state index is 15.7. The molecule has 1 fully saturated rings. The van der Waals surface area contributed by atoms with E-state index < -0.39 is 56.8 Å². The average Bonchev–Trinajstić information content (AvgIpc) is 3.12. The zero-order valence-electron chi connectivity index (χ0n) is 21.0. The summed E-state index contributed by atoms with van der Waals surface area (Å²) in [4.78, 5) is 44.8. The molecule has 1 aromatic heterocycles. The third kappa shape index (κ3) is 6.14. The van der Waals surface area contributed by atoms with Crippen LogP contribution in [0.3, 0.4) is 0 Å². The predicted octanol–water partition coefficient (Wildman–Crippen LogP) is 4.11. The summed E-state index contributed by atoms with van der Waals surface area (Å²) in [6.45, 7) is 5.31. The van der Waals surface area contributed by atoms with Crippen LogP contribution in [0.2, 0.25) is 19.6 Å². The maximum atomic E-state index is 15.7. The average molecular weight is 544 g/mol. The lowest BCUT2D eigenvalue weighted by atomic mass is 10.1. The van der Waals surface area contributed by atoms with Crippen molar-refractivity contribution in [2.24, 2.45) is 0 Å². The van der Waals surface area contributed by atoms with E-state index in [2.05, 4.69) is 9.97 Å². The van der Waals surface area contributed by atoms with E-state index in [0.717, 1.165) is 6.20 Å². The van der Waals surface area contributed by atoms with Crippen LogP contribution in [0.25, 0.3) is 0 Å². The van der Waals surface area contributed by atoms with Crippen molar-refractivity contribution in [3.63, 3.8) is 0 Å². The fraction of sp³-hybridized carbons (Fsp3) is 0.308. The Morgan fingerprint density at radius 3 is 2.13 bits per heavy atom. The number of aromatic nitrogens is 2. The topological polar surface area (TPSA) is 109 Å². The highest BCUT2D eigenvalue weighted by Crippen LogP contribution is 2.44. The molecule has 200 valence electrons. The van der Waals surface area contributed by atoms with Crippen molar-refractivity contribution in [3.05, 3.63) is 94.5 Å². The van der Waals surface area contributed by atoms with Gasteiger partial charge in [0.1, 0.15) is 26.8 Å². The Kier molecular flexibility index (Phi) is 7.74. The summed E-state index contributed by atoms with van der Waals surface area (Å²) in [5, 5.41) is 0. The molecule has 0 bridgehead atoms. The molecule has 0 saturated carbocycles. The predicted molar refractivity (Wildman–Crippen MR) is 137 cm³/mol. The number of halogens is 2. The molecule has 38 heavy (non-hydrogen) atoms. The number of hydrogen-bond donors (Lipinski definition) is 1. The number of ether oxygens (including phenoxy) is 3. The van der Waals surface area contributed by atoms with Crippen molar-refractivity contribution in [1.82, 2.24) is 9.55 Å². The molecule has 9 nitrogen and oxygen atoms in total. The molecular formula is C26H27F2N3O6Si. The molecule has 12 heteroatoms. The van der Waals surface area contributed by atoms with Gasteiger partial charge in [0.2, 0.25) is 6.23 Å². The van der Waals surface area contributed by atoms with Crippen molar-refractivity contribution in [2.75, 3.05) is 11.6 Å². The molecule has 0 amide bonds. The molecule has 1 aliphatic heterocycles. The quantitative estimate of drug-likeness (QED) is 0.334. The molecule has 1 aliphatic rings. The summed E-state index contributed by atoms with van der Waals surface area (Å²) in [5.74, 6) is -5.39. The van der Waals surface area contributed by atoms with Gasteiger partial charge in [0, 0.05) is 6.20 Å². The van der Waals surface area contributed by atoms with Gasteiger partial charge in [0.15, 0.2) is 6.10 Å². The number of benzene rings is 2. The zero-order valence-corrected chi connectivity index (χ0v) is 22.0. The van der Waals surface area contributed by atoms with E-state index in [9.17, 15) is 14.4 Å². The summed E-state index contributed by atoms with van der Waals surface area (Å²) in [6, 6.07) is 17.0. The monoisotopic (exact) mass is 543 g/mol. The number of anilines is 1. The van der Waals surface area contributed by atoms with Gasteiger partial charge in [-0.2, -0.15) is 13.8 Å². The minimum atomic E-state index is -3.87. The molecule has 3 atom stereocenters. The molecule has 0 aliphatic carbocycles. The van der Waals surface area contributed by atoms with E-state index in [4.69, 9.17) is 14.2 Å². The van der Waals surface area contributed by atoms with Gasteiger partial charge in [0.25, 0.3) is 0 Å². The number of alkyl halides is 2. The van der Waals surface area contributed by atoms with Crippen LogP contribution < -0.4 is 10.7 Å². The molecule has 1 saturated heterocycles.